The number of hydrogen-bond donors (Lipinski definition) is 3. The maximum Gasteiger partial charge on any atom is 0.241 e. The van der Waals surface area contributed by atoms with Crippen molar-refractivity contribution in [3.63, 3.8) is 0 Å². The van der Waals surface area contributed by atoms with E-state index in [1.165, 1.54) is 25.7 Å². The number of anilines is 1. The molecule has 3 unspecified atom stereocenters. The zero-order valence-corrected chi connectivity index (χ0v) is 14.7. The molecule has 1 aromatic carbocycles. The molecule has 3 atom stereocenters. The Balaban J connectivity index is 1.53. The van der Waals surface area contributed by atoms with Crippen molar-refractivity contribution in [3.05, 3.63) is 29.8 Å². The van der Waals surface area contributed by atoms with Gasteiger partial charge in [-0.1, -0.05) is 25.0 Å². The third kappa shape index (κ3) is 4.55. The number of benzene rings is 1. The molecular weight excluding hydrogens is 326 g/mol. The third-order valence-corrected chi connectivity index (χ3v) is 5.61. The number of fused-ring (bicyclic) bond motifs is 1. The largest absolute Gasteiger partial charge is 0.325 e. The van der Waals surface area contributed by atoms with Crippen LogP contribution in [0.1, 0.15) is 37.7 Å². The SMILES string of the molecule is CS(=O)(=O)NCc1ccc(NC(=O)C2CC3CCCCC3N2)cc1. The van der Waals surface area contributed by atoms with Gasteiger partial charge in [-0.15, -0.1) is 0 Å². The summed E-state index contributed by atoms with van der Waals surface area (Å²) >= 11 is 0. The Kier molecular flexibility index (Phi) is 5.22. The minimum Gasteiger partial charge on any atom is -0.325 e. The van der Waals surface area contributed by atoms with E-state index in [4.69, 9.17) is 0 Å². The Morgan fingerprint density at radius 3 is 2.58 bits per heavy atom. The number of nitrogens with one attached hydrogen (secondary N) is 3. The molecule has 1 aliphatic heterocycles. The number of carbonyl (C=O) groups is 1. The fourth-order valence-electron chi connectivity index (χ4n) is 3.67. The lowest BCUT2D eigenvalue weighted by atomic mass is 9.85. The topological polar surface area (TPSA) is 87.3 Å². The van der Waals surface area contributed by atoms with E-state index in [1.54, 1.807) is 12.1 Å². The van der Waals surface area contributed by atoms with Crippen LogP contribution in [0, 0.1) is 5.92 Å². The summed E-state index contributed by atoms with van der Waals surface area (Å²) in [5.74, 6) is 0.658. The summed E-state index contributed by atoms with van der Waals surface area (Å²) in [5, 5.41) is 6.43. The lowest BCUT2D eigenvalue weighted by molar-refractivity contribution is -0.117. The molecule has 1 saturated carbocycles. The summed E-state index contributed by atoms with van der Waals surface area (Å²) in [5.41, 5.74) is 1.59. The first-order valence-electron chi connectivity index (χ1n) is 8.51. The Hall–Kier alpha value is -1.44. The summed E-state index contributed by atoms with van der Waals surface area (Å²) in [6.45, 7) is 0.251. The molecule has 132 valence electrons. The van der Waals surface area contributed by atoms with Gasteiger partial charge in [-0.25, -0.2) is 13.1 Å². The summed E-state index contributed by atoms with van der Waals surface area (Å²) in [7, 11) is -3.20. The minimum atomic E-state index is -3.20. The van der Waals surface area contributed by atoms with E-state index >= 15 is 0 Å². The fraction of sp³-hybridized carbons (Fsp3) is 0.588. The molecule has 6 nitrogen and oxygen atoms in total. The van der Waals surface area contributed by atoms with Crippen molar-refractivity contribution in [1.82, 2.24) is 10.0 Å². The van der Waals surface area contributed by atoms with Crippen molar-refractivity contribution >= 4 is 21.6 Å². The van der Waals surface area contributed by atoms with Gasteiger partial charge in [-0.2, -0.15) is 0 Å². The van der Waals surface area contributed by atoms with Crippen LogP contribution in [0.15, 0.2) is 24.3 Å². The molecule has 0 aromatic heterocycles. The average Bonchev–Trinajstić information content (AvgIpc) is 2.98. The zero-order chi connectivity index (χ0) is 17.2. The predicted molar refractivity (Wildman–Crippen MR) is 94.0 cm³/mol. The van der Waals surface area contributed by atoms with Crippen molar-refractivity contribution in [2.45, 2.75) is 50.7 Å². The van der Waals surface area contributed by atoms with Gasteiger partial charge in [0.2, 0.25) is 15.9 Å². The van der Waals surface area contributed by atoms with Crippen LogP contribution in [-0.4, -0.2) is 32.7 Å². The van der Waals surface area contributed by atoms with Crippen molar-refractivity contribution < 1.29 is 13.2 Å². The van der Waals surface area contributed by atoms with Gasteiger partial charge in [0.05, 0.1) is 12.3 Å². The molecule has 0 radical (unpaired) electrons. The van der Waals surface area contributed by atoms with E-state index in [9.17, 15) is 13.2 Å². The molecule has 7 heteroatoms. The standard InChI is InChI=1S/C17H25N3O3S/c1-24(22,23)18-11-12-6-8-14(9-7-12)19-17(21)16-10-13-4-2-3-5-15(13)20-16/h6-9,13,15-16,18,20H,2-5,10-11H2,1H3,(H,19,21). The van der Waals surface area contributed by atoms with Crippen LogP contribution in [0.3, 0.4) is 0 Å². The van der Waals surface area contributed by atoms with Crippen LogP contribution in [0.2, 0.25) is 0 Å². The van der Waals surface area contributed by atoms with Gasteiger partial charge < -0.3 is 10.6 Å². The van der Waals surface area contributed by atoms with E-state index in [1.807, 2.05) is 12.1 Å². The third-order valence-electron chi connectivity index (χ3n) is 4.94. The van der Waals surface area contributed by atoms with Gasteiger partial charge in [0.25, 0.3) is 0 Å². The van der Waals surface area contributed by atoms with Crippen molar-refractivity contribution in [2.75, 3.05) is 11.6 Å². The van der Waals surface area contributed by atoms with Crippen LogP contribution in [0.4, 0.5) is 5.69 Å². The molecule has 2 aliphatic rings. The van der Waals surface area contributed by atoms with Crippen LogP contribution < -0.4 is 15.4 Å². The molecule has 24 heavy (non-hydrogen) atoms. The summed E-state index contributed by atoms with van der Waals surface area (Å²) in [4.78, 5) is 12.4. The lowest BCUT2D eigenvalue weighted by Gasteiger charge is -2.24. The number of rotatable bonds is 5. The first kappa shape index (κ1) is 17.4. The highest BCUT2D eigenvalue weighted by atomic mass is 32.2. The van der Waals surface area contributed by atoms with Gasteiger partial charge >= 0.3 is 0 Å². The van der Waals surface area contributed by atoms with E-state index < -0.39 is 10.0 Å². The summed E-state index contributed by atoms with van der Waals surface area (Å²) in [6, 6.07) is 7.63. The second-order valence-electron chi connectivity index (χ2n) is 6.89. The Bertz CT molecular complexity index is 674. The molecule has 3 N–H and O–H groups in total. The molecule has 3 rings (SSSR count). The second kappa shape index (κ2) is 7.21. The van der Waals surface area contributed by atoms with Gasteiger partial charge in [0.15, 0.2) is 0 Å². The highest BCUT2D eigenvalue weighted by Gasteiger charge is 2.38. The van der Waals surface area contributed by atoms with E-state index in [0.29, 0.717) is 12.0 Å². The molecular formula is C17H25N3O3S. The molecule has 0 bridgehead atoms. The Morgan fingerprint density at radius 2 is 1.92 bits per heavy atom. The van der Waals surface area contributed by atoms with Crippen LogP contribution in [-0.2, 0) is 21.4 Å². The van der Waals surface area contributed by atoms with Gasteiger partial charge in [0, 0.05) is 18.3 Å². The summed E-state index contributed by atoms with van der Waals surface area (Å²) in [6.07, 6.45) is 6.99. The predicted octanol–water partition coefficient (Wildman–Crippen LogP) is 1.59. The van der Waals surface area contributed by atoms with Gasteiger partial charge in [0.1, 0.15) is 0 Å². The van der Waals surface area contributed by atoms with Crippen molar-refractivity contribution in [3.8, 4) is 0 Å². The number of hydrogen-bond acceptors (Lipinski definition) is 4. The smallest absolute Gasteiger partial charge is 0.241 e. The maximum atomic E-state index is 12.4. The van der Waals surface area contributed by atoms with Crippen LogP contribution in [0.25, 0.3) is 0 Å². The highest BCUT2D eigenvalue weighted by Crippen LogP contribution is 2.33. The second-order valence-corrected chi connectivity index (χ2v) is 8.72. The minimum absolute atomic E-state index is 0.0198. The van der Waals surface area contributed by atoms with Gasteiger partial charge in [-0.3, -0.25) is 4.79 Å². The molecule has 0 spiro atoms. The number of amides is 1. The van der Waals surface area contributed by atoms with Crippen molar-refractivity contribution in [2.24, 2.45) is 5.92 Å². The molecule has 2 fully saturated rings. The van der Waals surface area contributed by atoms with E-state index in [0.717, 1.165) is 23.9 Å². The molecule has 1 saturated heterocycles. The lowest BCUT2D eigenvalue weighted by Crippen LogP contribution is -2.39. The molecule has 1 amide bonds. The summed E-state index contributed by atoms with van der Waals surface area (Å²) < 4.78 is 24.6. The maximum absolute atomic E-state index is 12.4. The highest BCUT2D eigenvalue weighted by molar-refractivity contribution is 7.88. The first-order chi connectivity index (χ1) is 11.4. The molecule has 1 heterocycles. The molecule has 1 aromatic rings. The number of sulfonamides is 1. The average molecular weight is 351 g/mol. The van der Waals surface area contributed by atoms with E-state index in [-0.39, 0.29) is 18.5 Å². The van der Waals surface area contributed by atoms with Crippen LogP contribution >= 0.6 is 0 Å². The normalized spacial score (nSPS) is 26.8. The number of carbonyl (C=O) groups excluding carboxylic acids is 1. The van der Waals surface area contributed by atoms with Crippen LogP contribution in [0.5, 0.6) is 0 Å². The molecule has 1 aliphatic carbocycles. The Morgan fingerprint density at radius 1 is 1.21 bits per heavy atom. The quantitative estimate of drug-likeness (QED) is 0.752. The monoisotopic (exact) mass is 351 g/mol. The first-order valence-corrected chi connectivity index (χ1v) is 10.4. The zero-order valence-electron chi connectivity index (χ0n) is 13.9. The Labute approximate surface area is 143 Å². The fourth-order valence-corrected chi connectivity index (χ4v) is 4.10. The van der Waals surface area contributed by atoms with Gasteiger partial charge in [-0.05, 0) is 42.9 Å². The van der Waals surface area contributed by atoms with Crippen molar-refractivity contribution in [1.29, 1.82) is 0 Å². The van der Waals surface area contributed by atoms with E-state index in [2.05, 4.69) is 15.4 Å².